The first kappa shape index (κ1) is 13.8. The van der Waals surface area contributed by atoms with Crippen molar-refractivity contribution in [1.29, 1.82) is 0 Å². The van der Waals surface area contributed by atoms with Gasteiger partial charge < -0.3 is 20.3 Å². The zero-order valence-electron chi connectivity index (χ0n) is 10.7. The fourth-order valence-electron chi connectivity index (χ4n) is 1.47. The molecule has 0 spiro atoms. The number of nitrogens with one attached hydrogen (secondary N) is 1. The van der Waals surface area contributed by atoms with Gasteiger partial charge in [0.1, 0.15) is 0 Å². The lowest BCUT2D eigenvalue weighted by Gasteiger charge is -2.21. The van der Waals surface area contributed by atoms with Crippen LogP contribution in [0.5, 0.6) is 11.5 Å². The van der Waals surface area contributed by atoms with Crippen LogP contribution in [-0.4, -0.2) is 29.5 Å². The van der Waals surface area contributed by atoms with Crippen molar-refractivity contribution in [2.24, 2.45) is 0 Å². The fourth-order valence-corrected chi connectivity index (χ4v) is 1.47. The van der Waals surface area contributed by atoms with Gasteiger partial charge >= 0.3 is 0 Å². The molecule has 1 unspecified atom stereocenters. The number of benzene rings is 1. The van der Waals surface area contributed by atoms with Crippen molar-refractivity contribution in [3.63, 3.8) is 0 Å². The normalized spacial score (nSPS) is 14.4. The summed E-state index contributed by atoms with van der Waals surface area (Å²) in [6.45, 7) is 4.70. The third-order valence-corrected chi connectivity index (χ3v) is 2.89. The number of aromatic hydroxyl groups is 1. The number of phenols is 1. The molecule has 0 radical (unpaired) electrons. The van der Waals surface area contributed by atoms with E-state index in [2.05, 4.69) is 5.32 Å². The Morgan fingerprint density at radius 1 is 1.41 bits per heavy atom. The molecule has 1 atom stereocenters. The highest BCUT2D eigenvalue weighted by molar-refractivity contribution is 5.45. The molecular weight excluding hydrogens is 218 g/mol. The fraction of sp³-hybridized carbons (Fsp3) is 0.538. The molecule has 4 nitrogen and oxygen atoms in total. The van der Waals surface area contributed by atoms with E-state index in [1.807, 2.05) is 19.1 Å². The molecule has 0 bridgehead atoms. The third-order valence-electron chi connectivity index (χ3n) is 2.89. The molecule has 0 aliphatic heterocycles. The third kappa shape index (κ3) is 3.91. The smallest absolute Gasteiger partial charge is 0.162 e. The van der Waals surface area contributed by atoms with Crippen molar-refractivity contribution < 1.29 is 14.9 Å². The van der Waals surface area contributed by atoms with Crippen LogP contribution in [0.2, 0.25) is 0 Å². The lowest BCUT2D eigenvalue weighted by molar-refractivity contribution is 0.0555. The van der Waals surface area contributed by atoms with Crippen LogP contribution in [0.3, 0.4) is 0 Å². The van der Waals surface area contributed by atoms with Gasteiger partial charge in [-0.15, -0.1) is 0 Å². The Bertz CT molecular complexity index is 364. The molecule has 1 aromatic carbocycles. The molecule has 0 fully saturated rings. The van der Waals surface area contributed by atoms with Crippen LogP contribution in [0.1, 0.15) is 25.8 Å². The van der Waals surface area contributed by atoms with E-state index in [1.165, 1.54) is 7.11 Å². The van der Waals surface area contributed by atoms with E-state index in [4.69, 9.17) is 4.74 Å². The Labute approximate surface area is 102 Å². The number of hydrogen-bond donors (Lipinski definition) is 3. The molecule has 0 heterocycles. The lowest BCUT2D eigenvalue weighted by atomic mass is 10.0. The number of ether oxygens (including phenoxy) is 1. The molecule has 0 amide bonds. The molecule has 0 saturated heterocycles. The largest absolute Gasteiger partial charge is 0.504 e. The summed E-state index contributed by atoms with van der Waals surface area (Å²) in [7, 11) is 1.52. The van der Waals surface area contributed by atoms with E-state index in [0.717, 1.165) is 5.56 Å². The topological polar surface area (TPSA) is 61.7 Å². The van der Waals surface area contributed by atoms with Crippen molar-refractivity contribution in [2.45, 2.75) is 32.4 Å². The highest BCUT2D eigenvalue weighted by Crippen LogP contribution is 2.29. The molecule has 0 aliphatic rings. The Morgan fingerprint density at radius 3 is 2.71 bits per heavy atom. The van der Waals surface area contributed by atoms with Crippen molar-refractivity contribution in [3.05, 3.63) is 23.8 Å². The van der Waals surface area contributed by atoms with Crippen LogP contribution < -0.4 is 10.1 Å². The second-order valence-corrected chi connectivity index (χ2v) is 4.42. The number of aliphatic hydroxyl groups is 1. The summed E-state index contributed by atoms with van der Waals surface area (Å²) < 4.78 is 5.03. The summed E-state index contributed by atoms with van der Waals surface area (Å²) >= 11 is 0. The predicted octanol–water partition coefficient (Wildman–Crippen LogP) is 1.65. The SMILES string of the molecule is CCC(C)(O)CNCc1cccc(OC)c1O. The van der Waals surface area contributed by atoms with E-state index in [-0.39, 0.29) is 5.75 Å². The maximum absolute atomic E-state index is 9.85. The molecule has 4 heteroatoms. The summed E-state index contributed by atoms with van der Waals surface area (Å²) in [6, 6.07) is 5.36. The second-order valence-electron chi connectivity index (χ2n) is 4.42. The number of rotatable bonds is 6. The molecule has 0 saturated carbocycles. The standard InChI is InChI=1S/C13H21NO3/c1-4-13(2,16)9-14-8-10-6-5-7-11(17-3)12(10)15/h5-7,14-16H,4,8-9H2,1-3H3. The van der Waals surface area contributed by atoms with Gasteiger partial charge in [0.2, 0.25) is 0 Å². The molecule has 1 aromatic rings. The van der Waals surface area contributed by atoms with Crippen LogP contribution in [-0.2, 0) is 6.54 Å². The Hall–Kier alpha value is -1.26. The number of methoxy groups -OCH3 is 1. The van der Waals surface area contributed by atoms with Gasteiger partial charge in [0.25, 0.3) is 0 Å². The molecule has 17 heavy (non-hydrogen) atoms. The average Bonchev–Trinajstić information content (AvgIpc) is 2.31. The first-order valence-corrected chi connectivity index (χ1v) is 5.78. The van der Waals surface area contributed by atoms with E-state index in [1.54, 1.807) is 13.0 Å². The van der Waals surface area contributed by atoms with Crippen LogP contribution >= 0.6 is 0 Å². The van der Waals surface area contributed by atoms with Gasteiger partial charge in [-0.3, -0.25) is 0 Å². The molecule has 1 rings (SSSR count). The van der Waals surface area contributed by atoms with Crippen molar-refractivity contribution in [2.75, 3.05) is 13.7 Å². The minimum Gasteiger partial charge on any atom is -0.504 e. The number of hydrogen-bond acceptors (Lipinski definition) is 4. The summed E-state index contributed by atoms with van der Waals surface area (Å²) in [5, 5.41) is 22.8. The van der Waals surface area contributed by atoms with Crippen molar-refractivity contribution >= 4 is 0 Å². The van der Waals surface area contributed by atoms with Gasteiger partial charge in [0, 0.05) is 18.7 Å². The number of phenolic OH excluding ortho intramolecular Hbond substituents is 1. The van der Waals surface area contributed by atoms with E-state index in [9.17, 15) is 10.2 Å². The highest BCUT2D eigenvalue weighted by Gasteiger charge is 2.16. The van der Waals surface area contributed by atoms with Crippen LogP contribution in [0.25, 0.3) is 0 Å². The molecule has 96 valence electrons. The Balaban J connectivity index is 2.58. The first-order chi connectivity index (χ1) is 8.00. The minimum atomic E-state index is -0.714. The van der Waals surface area contributed by atoms with Crippen molar-refractivity contribution in [1.82, 2.24) is 5.32 Å². The summed E-state index contributed by atoms with van der Waals surface area (Å²) in [5.41, 5.74) is 0.0466. The lowest BCUT2D eigenvalue weighted by Crippen LogP contribution is -2.36. The van der Waals surface area contributed by atoms with E-state index >= 15 is 0 Å². The molecular formula is C13H21NO3. The van der Waals surface area contributed by atoms with Gasteiger partial charge in [-0.05, 0) is 19.4 Å². The Kier molecular flexibility index (Phi) is 4.78. The summed E-state index contributed by atoms with van der Waals surface area (Å²) in [5.74, 6) is 0.616. The highest BCUT2D eigenvalue weighted by atomic mass is 16.5. The van der Waals surface area contributed by atoms with Crippen LogP contribution in [0.15, 0.2) is 18.2 Å². The first-order valence-electron chi connectivity index (χ1n) is 5.78. The van der Waals surface area contributed by atoms with Crippen LogP contribution in [0, 0.1) is 0 Å². The quantitative estimate of drug-likeness (QED) is 0.706. The second kappa shape index (κ2) is 5.89. The number of para-hydroxylation sites is 1. The summed E-state index contributed by atoms with van der Waals surface area (Å²) in [6.07, 6.45) is 0.685. The average molecular weight is 239 g/mol. The maximum atomic E-state index is 9.85. The van der Waals surface area contributed by atoms with Gasteiger partial charge in [-0.1, -0.05) is 19.1 Å². The molecule has 0 aliphatic carbocycles. The van der Waals surface area contributed by atoms with Gasteiger partial charge in [-0.25, -0.2) is 0 Å². The van der Waals surface area contributed by atoms with Crippen LogP contribution in [0.4, 0.5) is 0 Å². The summed E-state index contributed by atoms with van der Waals surface area (Å²) in [4.78, 5) is 0. The van der Waals surface area contributed by atoms with E-state index in [0.29, 0.717) is 25.3 Å². The van der Waals surface area contributed by atoms with Crippen molar-refractivity contribution in [3.8, 4) is 11.5 Å². The zero-order valence-corrected chi connectivity index (χ0v) is 10.7. The molecule has 0 aromatic heterocycles. The maximum Gasteiger partial charge on any atom is 0.162 e. The predicted molar refractivity (Wildman–Crippen MR) is 67.3 cm³/mol. The molecule has 3 N–H and O–H groups in total. The minimum absolute atomic E-state index is 0.152. The van der Waals surface area contributed by atoms with Gasteiger partial charge in [0.15, 0.2) is 11.5 Å². The monoisotopic (exact) mass is 239 g/mol. The van der Waals surface area contributed by atoms with Gasteiger partial charge in [-0.2, -0.15) is 0 Å². The van der Waals surface area contributed by atoms with E-state index < -0.39 is 5.60 Å². The van der Waals surface area contributed by atoms with Gasteiger partial charge in [0.05, 0.1) is 12.7 Å². The Morgan fingerprint density at radius 2 is 2.12 bits per heavy atom. The zero-order chi connectivity index (χ0) is 12.9.